The Morgan fingerprint density at radius 2 is 2.05 bits per heavy atom. The quantitative estimate of drug-likeness (QED) is 0.734. The Balaban J connectivity index is 1.94. The molecule has 2 aromatic heterocycles. The lowest BCUT2D eigenvalue weighted by molar-refractivity contribution is 0.831. The highest BCUT2D eigenvalue weighted by molar-refractivity contribution is 5.85. The molecule has 0 saturated heterocycles. The predicted molar refractivity (Wildman–Crippen MR) is 80.8 cm³/mol. The first-order valence-electron chi connectivity index (χ1n) is 6.96. The van der Waals surface area contributed by atoms with E-state index in [9.17, 15) is 0 Å². The Morgan fingerprint density at radius 3 is 2.90 bits per heavy atom. The van der Waals surface area contributed by atoms with Gasteiger partial charge in [0.2, 0.25) is 0 Å². The number of aryl methyl sites for hydroxylation is 2. The Bertz CT molecular complexity index is 774. The largest absolute Gasteiger partial charge is 0.385 e. The van der Waals surface area contributed by atoms with Crippen molar-refractivity contribution in [3.63, 3.8) is 0 Å². The van der Waals surface area contributed by atoms with E-state index in [4.69, 9.17) is 4.98 Å². The van der Waals surface area contributed by atoms with Gasteiger partial charge in [0, 0.05) is 37.2 Å². The van der Waals surface area contributed by atoms with Crippen molar-refractivity contribution in [3.05, 3.63) is 42.2 Å². The number of benzene rings is 1. The summed E-state index contributed by atoms with van der Waals surface area (Å²) in [6, 6.07) is 8.45. The second kappa shape index (κ2) is 4.34. The van der Waals surface area contributed by atoms with Crippen LogP contribution >= 0.6 is 0 Å². The van der Waals surface area contributed by atoms with E-state index in [0.29, 0.717) is 0 Å². The van der Waals surface area contributed by atoms with Crippen LogP contribution in [0.15, 0.2) is 36.7 Å². The van der Waals surface area contributed by atoms with Crippen molar-refractivity contribution in [3.8, 4) is 11.4 Å². The van der Waals surface area contributed by atoms with Gasteiger partial charge >= 0.3 is 0 Å². The third-order valence-corrected chi connectivity index (χ3v) is 3.98. The molecule has 0 saturated carbocycles. The number of anilines is 1. The van der Waals surface area contributed by atoms with Crippen molar-refractivity contribution < 1.29 is 0 Å². The van der Waals surface area contributed by atoms with E-state index in [0.717, 1.165) is 29.9 Å². The summed E-state index contributed by atoms with van der Waals surface area (Å²) in [4.78, 5) is 8.87. The van der Waals surface area contributed by atoms with Gasteiger partial charge in [0.1, 0.15) is 5.82 Å². The molecular weight excluding hydrogens is 248 g/mol. The molecule has 4 heteroatoms. The molecule has 0 aliphatic carbocycles. The molecule has 0 unspecified atom stereocenters. The van der Waals surface area contributed by atoms with Gasteiger partial charge in [-0.25, -0.2) is 4.98 Å². The third kappa shape index (κ3) is 1.68. The van der Waals surface area contributed by atoms with E-state index in [1.165, 1.54) is 23.2 Å². The number of hydrogen-bond acceptors (Lipinski definition) is 3. The van der Waals surface area contributed by atoms with Crippen LogP contribution < -0.4 is 5.32 Å². The van der Waals surface area contributed by atoms with E-state index < -0.39 is 0 Å². The molecule has 0 radical (unpaired) electrons. The van der Waals surface area contributed by atoms with E-state index >= 15 is 0 Å². The van der Waals surface area contributed by atoms with Gasteiger partial charge in [-0.15, -0.1) is 0 Å². The number of fused-ring (bicyclic) bond motifs is 2. The molecule has 20 heavy (non-hydrogen) atoms. The maximum Gasteiger partial charge on any atom is 0.140 e. The summed E-state index contributed by atoms with van der Waals surface area (Å²) in [5.41, 5.74) is 5.98. The van der Waals surface area contributed by atoms with Crippen molar-refractivity contribution >= 4 is 16.7 Å². The molecule has 1 aromatic carbocycles. The molecule has 0 fully saturated rings. The summed E-state index contributed by atoms with van der Waals surface area (Å²) in [5.74, 6) is 0.991. The average molecular weight is 264 g/mol. The van der Waals surface area contributed by atoms with Crippen LogP contribution in [0.1, 0.15) is 12.0 Å². The van der Waals surface area contributed by atoms with Gasteiger partial charge in [-0.3, -0.25) is 4.98 Å². The lowest BCUT2D eigenvalue weighted by Gasteiger charge is -2.17. The fraction of sp³-hybridized carbons (Fsp3) is 0.250. The Labute approximate surface area is 117 Å². The summed E-state index contributed by atoms with van der Waals surface area (Å²) in [7, 11) is 2.07. The number of imidazole rings is 1. The predicted octanol–water partition coefficient (Wildman–Crippen LogP) is 2.99. The third-order valence-electron chi connectivity index (χ3n) is 3.98. The zero-order valence-corrected chi connectivity index (χ0v) is 11.4. The van der Waals surface area contributed by atoms with Crippen LogP contribution in [0.2, 0.25) is 0 Å². The van der Waals surface area contributed by atoms with Crippen molar-refractivity contribution in [1.82, 2.24) is 14.5 Å². The van der Waals surface area contributed by atoms with Gasteiger partial charge in [-0.2, -0.15) is 0 Å². The molecule has 1 N–H and O–H groups in total. The normalized spacial score (nSPS) is 14.1. The first-order valence-corrected chi connectivity index (χ1v) is 6.96. The van der Waals surface area contributed by atoms with Crippen LogP contribution in [0, 0.1) is 0 Å². The molecule has 0 spiro atoms. The minimum absolute atomic E-state index is 0.991. The second-order valence-electron chi connectivity index (χ2n) is 5.26. The molecule has 100 valence electrons. The van der Waals surface area contributed by atoms with E-state index in [1.54, 1.807) is 12.4 Å². The second-order valence-corrected chi connectivity index (χ2v) is 5.26. The maximum absolute atomic E-state index is 4.80. The highest BCUT2D eigenvalue weighted by Crippen LogP contribution is 2.30. The van der Waals surface area contributed by atoms with Gasteiger partial charge in [0.05, 0.1) is 11.0 Å². The molecular formula is C16H16N4. The lowest BCUT2D eigenvalue weighted by atomic mass is 10.0. The summed E-state index contributed by atoms with van der Waals surface area (Å²) < 4.78 is 2.15. The van der Waals surface area contributed by atoms with Crippen LogP contribution in [0.3, 0.4) is 0 Å². The smallest absolute Gasteiger partial charge is 0.140 e. The topological polar surface area (TPSA) is 42.7 Å². The van der Waals surface area contributed by atoms with Crippen molar-refractivity contribution in [1.29, 1.82) is 0 Å². The van der Waals surface area contributed by atoms with Gasteiger partial charge in [-0.05, 0) is 42.7 Å². The fourth-order valence-electron chi connectivity index (χ4n) is 2.91. The van der Waals surface area contributed by atoms with Gasteiger partial charge < -0.3 is 9.88 Å². The standard InChI is InChI=1S/C16H16N4/c1-20-15-10-13-12(3-2-6-18-13)9-14(15)19-16(20)11-4-7-17-8-5-11/h4-5,7-10,18H,2-3,6H2,1H3. The monoisotopic (exact) mass is 264 g/mol. The summed E-state index contributed by atoms with van der Waals surface area (Å²) in [5, 5.41) is 3.48. The number of hydrogen-bond donors (Lipinski definition) is 1. The van der Waals surface area contributed by atoms with Crippen LogP contribution in [0.25, 0.3) is 22.4 Å². The molecule has 1 aliphatic heterocycles. The molecule has 0 atom stereocenters. The highest BCUT2D eigenvalue weighted by atomic mass is 15.1. The van der Waals surface area contributed by atoms with Gasteiger partial charge in [0.15, 0.2) is 0 Å². The molecule has 0 bridgehead atoms. The van der Waals surface area contributed by atoms with Crippen molar-refractivity contribution in [2.45, 2.75) is 12.8 Å². The number of rotatable bonds is 1. The van der Waals surface area contributed by atoms with E-state index in [-0.39, 0.29) is 0 Å². The summed E-state index contributed by atoms with van der Waals surface area (Å²) in [6.07, 6.45) is 5.95. The van der Waals surface area contributed by atoms with E-state index in [2.05, 4.69) is 34.0 Å². The molecule has 1 aliphatic rings. The lowest BCUT2D eigenvalue weighted by Crippen LogP contribution is -2.11. The number of pyridine rings is 1. The van der Waals surface area contributed by atoms with Crippen LogP contribution in [0.5, 0.6) is 0 Å². The Kier molecular flexibility index (Phi) is 2.49. The first-order chi connectivity index (χ1) is 9.83. The fourth-order valence-corrected chi connectivity index (χ4v) is 2.91. The first kappa shape index (κ1) is 11.5. The van der Waals surface area contributed by atoms with Crippen LogP contribution in [-0.2, 0) is 13.5 Å². The Hall–Kier alpha value is -2.36. The minimum atomic E-state index is 0.991. The molecule has 4 nitrogen and oxygen atoms in total. The SMILES string of the molecule is Cn1c(-c2ccncc2)nc2cc3c(cc21)NCCC3. The van der Waals surface area contributed by atoms with Gasteiger partial charge in [0.25, 0.3) is 0 Å². The van der Waals surface area contributed by atoms with Crippen LogP contribution in [-0.4, -0.2) is 21.1 Å². The highest BCUT2D eigenvalue weighted by Gasteiger charge is 2.15. The van der Waals surface area contributed by atoms with Gasteiger partial charge in [-0.1, -0.05) is 0 Å². The molecule has 0 amide bonds. The summed E-state index contributed by atoms with van der Waals surface area (Å²) in [6.45, 7) is 1.06. The summed E-state index contributed by atoms with van der Waals surface area (Å²) >= 11 is 0. The maximum atomic E-state index is 4.80. The number of aromatic nitrogens is 3. The van der Waals surface area contributed by atoms with Crippen molar-refractivity contribution in [2.24, 2.45) is 7.05 Å². The minimum Gasteiger partial charge on any atom is -0.385 e. The molecule has 3 heterocycles. The molecule has 3 aromatic rings. The van der Waals surface area contributed by atoms with E-state index in [1.807, 2.05) is 12.1 Å². The zero-order chi connectivity index (χ0) is 13.5. The van der Waals surface area contributed by atoms with Crippen molar-refractivity contribution in [2.75, 3.05) is 11.9 Å². The number of nitrogens with zero attached hydrogens (tertiary/aromatic N) is 3. The molecule has 4 rings (SSSR count). The van der Waals surface area contributed by atoms with Crippen LogP contribution in [0.4, 0.5) is 5.69 Å². The zero-order valence-electron chi connectivity index (χ0n) is 11.4. The Morgan fingerprint density at radius 1 is 1.20 bits per heavy atom. The average Bonchev–Trinajstić information content (AvgIpc) is 2.83. The number of nitrogens with one attached hydrogen (secondary N) is 1.